The lowest BCUT2D eigenvalue weighted by molar-refractivity contribution is -0.156. The number of ketones is 1. The summed E-state index contributed by atoms with van der Waals surface area (Å²) in [5.41, 5.74) is -1.02. The number of rotatable bonds is 5. The Morgan fingerprint density at radius 3 is 2.31 bits per heavy atom. The van der Waals surface area contributed by atoms with E-state index in [1.54, 1.807) is 6.92 Å². The number of carbonyl (C=O) groups is 2. The summed E-state index contributed by atoms with van der Waals surface area (Å²) < 4.78 is 4.57. The van der Waals surface area contributed by atoms with Crippen molar-refractivity contribution in [3.8, 4) is 0 Å². The molecular formula is C9H15ClO3. The molecule has 3 nitrogen and oxygen atoms in total. The Kier molecular flexibility index (Phi) is 4.99. The van der Waals surface area contributed by atoms with E-state index in [0.29, 0.717) is 18.7 Å². The molecule has 0 rings (SSSR count). The average Bonchev–Trinajstić information content (AvgIpc) is 2.12. The van der Waals surface area contributed by atoms with Gasteiger partial charge in [0, 0.05) is 5.88 Å². The predicted octanol–water partition coefficient (Wildman–Crippen LogP) is 1.77. The first-order chi connectivity index (χ1) is 5.99. The molecule has 1 unspecified atom stereocenters. The van der Waals surface area contributed by atoms with Gasteiger partial charge in [-0.15, -0.1) is 11.6 Å². The molecule has 0 saturated carbocycles. The smallest absolute Gasteiger partial charge is 0.319 e. The predicted molar refractivity (Wildman–Crippen MR) is 50.8 cm³/mol. The lowest BCUT2D eigenvalue weighted by Crippen LogP contribution is -2.36. The van der Waals surface area contributed by atoms with E-state index in [-0.39, 0.29) is 5.78 Å². The minimum Gasteiger partial charge on any atom is -0.468 e. The lowest BCUT2D eigenvalue weighted by Gasteiger charge is -2.22. The fourth-order valence-electron chi connectivity index (χ4n) is 1.07. The Labute approximate surface area is 83.4 Å². The van der Waals surface area contributed by atoms with E-state index >= 15 is 0 Å². The summed E-state index contributed by atoms with van der Waals surface area (Å²) >= 11 is 5.50. The monoisotopic (exact) mass is 206 g/mol. The number of ether oxygens (including phenoxy) is 1. The fourth-order valence-corrected chi connectivity index (χ4v) is 1.20. The van der Waals surface area contributed by atoms with Crippen LogP contribution in [0.1, 0.15) is 26.7 Å². The molecule has 1 atom stereocenters. The summed E-state index contributed by atoms with van der Waals surface area (Å²) in [5.74, 6) is -0.213. The van der Waals surface area contributed by atoms with Crippen LogP contribution in [0.2, 0.25) is 0 Å². The molecule has 4 heteroatoms. The second kappa shape index (κ2) is 5.22. The van der Waals surface area contributed by atoms with Crippen molar-refractivity contribution >= 4 is 23.4 Å². The molecule has 76 valence electrons. The third-order valence-corrected chi connectivity index (χ3v) is 2.49. The van der Waals surface area contributed by atoms with Crippen LogP contribution in [0.4, 0.5) is 0 Å². The Hall–Kier alpha value is -0.570. The first-order valence-corrected chi connectivity index (χ1v) is 4.68. The molecule has 0 aliphatic carbocycles. The molecule has 0 N–H and O–H groups in total. The van der Waals surface area contributed by atoms with Crippen LogP contribution in [0.15, 0.2) is 0 Å². The summed E-state index contributed by atoms with van der Waals surface area (Å²) in [6.45, 7) is 2.98. The summed E-state index contributed by atoms with van der Waals surface area (Å²) in [5, 5.41) is 0. The van der Waals surface area contributed by atoms with E-state index in [4.69, 9.17) is 11.6 Å². The zero-order valence-corrected chi connectivity index (χ0v) is 8.98. The van der Waals surface area contributed by atoms with Crippen molar-refractivity contribution in [3.63, 3.8) is 0 Å². The molecule has 0 bridgehead atoms. The standard InChI is InChI=1S/C9H15ClO3/c1-7(11)9(2,5-4-6-10)8(12)13-3/h4-6H2,1-3H3. The van der Waals surface area contributed by atoms with E-state index in [9.17, 15) is 9.59 Å². The normalized spacial score (nSPS) is 14.8. The van der Waals surface area contributed by atoms with Crippen LogP contribution in [0.25, 0.3) is 0 Å². The summed E-state index contributed by atoms with van der Waals surface area (Å²) in [4.78, 5) is 22.5. The maximum absolute atomic E-state index is 11.3. The minimum absolute atomic E-state index is 0.176. The molecule has 0 aromatic carbocycles. The number of alkyl halides is 1. The van der Waals surface area contributed by atoms with Crippen LogP contribution in [0.5, 0.6) is 0 Å². The molecule has 0 spiro atoms. The molecule has 0 aliphatic heterocycles. The first-order valence-electron chi connectivity index (χ1n) is 4.14. The zero-order chi connectivity index (χ0) is 10.5. The summed E-state index contributed by atoms with van der Waals surface area (Å²) in [6.07, 6.45) is 1.07. The van der Waals surface area contributed by atoms with Crippen LogP contribution in [-0.4, -0.2) is 24.7 Å². The van der Waals surface area contributed by atoms with Gasteiger partial charge in [0.2, 0.25) is 0 Å². The van der Waals surface area contributed by atoms with Gasteiger partial charge in [0.15, 0.2) is 0 Å². The number of methoxy groups -OCH3 is 1. The molecule has 13 heavy (non-hydrogen) atoms. The largest absolute Gasteiger partial charge is 0.468 e. The molecule has 0 radical (unpaired) electrons. The van der Waals surface area contributed by atoms with Gasteiger partial charge in [-0.05, 0) is 26.7 Å². The van der Waals surface area contributed by atoms with Crippen molar-refractivity contribution in [1.29, 1.82) is 0 Å². The van der Waals surface area contributed by atoms with Crippen LogP contribution in [0.3, 0.4) is 0 Å². The second-order valence-corrected chi connectivity index (χ2v) is 3.55. The fraction of sp³-hybridized carbons (Fsp3) is 0.778. The van der Waals surface area contributed by atoms with Gasteiger partial charge in [0.1, 0.15) is 11.2 Å². The van der Waals surface area contributed by atoms with Crippen molar-refractivity contribution in [2.24, 2.45) is 5.41 Å². The van der Waals surface area contributed by atoms with E-state index in [1.807, 2.05) is 0 Å². The molecular weight excluding hydrogens is 192 g/mol. The highest BCUT2D eigenvalue weighted by atomic mass is 35.5. The molecule has 0 heterocycles. The van der Waals surface area contributed by atoms with E-state index in [2.05, 4.69) is 4.74 Å². The molecule has 0 fully saturated rings. The summed E-state index contributed by atoms with van der Waals surface area (Å²) in [6, 6.07) is 0. The van der Waals surface area contributed by atoms with Crippen molar-refractivity contribution in [1.82, 2.24) is 0 Å². The molecule has 0 amide bonds. The minimum atomic E-state index is -1.02. The number of Topliss-reactive ketones (excluding diaryl/α,β-unsaturated/α-hetero) is 1. The number of esters is 1. The molecule has 0 aromatic rings. The highest BCUT2D eigenvalue weighted by Crippen LogP contribution is 2.26. The van der Waals surface area contributed by atoms with Crippen molar-refractivity contribution < 1.29 is 14.3 Å². The number of halogens is 1. The molecule has 0 aromatic heterocycles. The van der Waals surface area contributed by atoms with Crippen molar-refractivity contribution in [2.45, 2.75) is 26.7 Å². The van der Waals surface area contributed by atoms with Crippen LogP contribution >= 0.6 is 11.6 Å². The number of hydrogen-bond acceptors (Lipinski definition) is 3. The Balaban J connectivity index is 4.52. The summed E-state index contributed by atoms with van der Waals surface area (Å²) in [7, 11) is 1.28. The zero-order valence-electron chi connectivity index (χ0n) is 8.22. The van der Waals surface area contributed by atoms with Gasteiger partial charge < -0.3 is 4.74 Å². The van der Waals surface area contributed by atoms with Gasteiger partial charge in [-0.1, -0.05) is 0 Å². The van der Waals surface area contributed by atoms with E-state index < -0.39 is 11.4 Å². The van der Waals surface area contributed by atoms with Gasteiger partial charge in [-0.2, -0.15) is 0 Å². The van der Waals surface area contributed by atoms with Crippen molar-refractivity contribution in [3.05, 3.63) is 0 Å². The topological polar surface area (TPSA) is 43.4 Å². The lowest BCUT2D eigenvalue weighted by atomic mass is 9.82. The Morgan fingerprint density at radius 2 is 2.00 bits per heavy atom. The average molecular weight is 207 g/mol. The van der Waals surface area contributed by atoms with Gasteiger partial charge in [-0.3, -0.25) is 9.59 Å². The quantitative estimate of drug-likeness (QED) is 0.391. The van der Waals surface area contributed by atoms with E-state index in [0.717, 1.165) is 0 Å². The molecule has 0 saturated heterocycles. The van der Waals surface area contributed by atoms with Crippen molar-refractivity contribution in [2.75, 3.05) is 13.0 Å². The highest BCUT2D eigenvalue weighted by molar-refractivity contribution is 6.17. The van der Waals surface area contributed by atoms with Crippen LogP contribution in [-0.2, 0) is 14.3 Å². The Bertz CT molecular complexity index is 203. The molecule has 0 aliphatic rings. The van der Waals surface area contributed by atoms with Crippen LogP contribution in [0, 0.1) is 5.41 Å². The third kappa shape index (κ3) is 2.99. The SMILES string of the molecule is COC(=O)C(C)(CCCCl)C(C)=O. The number of carbonyl (C=O) groups excluding carboxylic acids is 2. The van der Waals surface area contributed by atoms with Gasteiger partial charge >= 0.3 is 5.97 Å². The van der Waals surface area contributed by atoms with Gasteiger partial charge in [0.25, 0.3) is 0 Å². The highest BCUT2D eigenvalue weighted by Gasteiger charge is 2.38. The second-order valence-electron chi connectivity index (χ2n) is 3.17. The first kappa shape index (κ1) is 12.4. The Morgan fingerprint density at radius 1 is 1.46 bits per heavy atom. The van der Waals surface area contributed by atoms with Gasteiger partial charge in [-0.25, -0.2) is 0 Å². The maximum Gasteiger partial charge on any atom is 0.319 e. The third-order valence-electron chi connectivity index (χ3n) is 2.22. The van der Waals surface area contributed by atoms with E-state index in [1.165, 1.54) is 14.0 Å². The van der Waals surface area contributed by atoms with Crippen LogP contribution < -0.4 is 0 Å². The maximum atomic E-state index is 11.3. The number of hydrogen-bond donors (Lipinski definition) is 0. The van der Waals surface area contributed by atoms with Gasteiger partial charge in [0.05, 0.1) is 7.11 Å².